The van der Waals surface area contributed by atoms with E-state index in [9.17, 15) is 4.79 Å². The van der Waals surface area contributed by atoms with Crippen molar-refractivity contribution < 1.29 is 9.90 Å². The molecule has 1 heterocycles. The number of carbonyl (C=O) groups is 1. The van der Waals surface area contributed by atoms with Crippen molar-refractivity contribution in [1.29, 1.82) is 0 Å². The number of fused-ring (bicyclic) bond motifs is 1. The third kappa shape index (κ3) is 1.75. The second kappa shape index (κ2) is 4.11. The minimum absolute atomic E-state index is 0.0519. The van der Waals surface area contributed by atoms with Crippen molar-refractivity contribution in [2.45, 2.75) is 5.92 Å². The second-order valence-corrected chi connectivity index (χ2v) is 3.82. The highest BCUT2D eigenvalue weighted by molar-refractivity contribution is 6.34. The van der Waals surface area contributed by atoms with Gasteiger partial charge in [0.1, 0.15) is 5.15 Å². The van der Waals surface area contributed by atoms with Gasteiger partial charge in [0.15, 0.2) is 0 Å². The Morgan fingerprint density at radius 1 is 1.62 bits per heavy atom. The number of nitrogens with one attached hydrogen (secondary N) is 1. The number of nitrogens with zero attached hydrogens (tertiary/aromatic N) is 1. The number of carboxylic acids is 1. The molecule has 1 unspecified atom stereocenters. The fraction of sp³-hybridized carbons (Fsp3) is 0.200. The fourth-order valence-electron chi connectivity index (χ4n) is 1.59. The van der Waals surface area contributed by atoms with Crippen LogP contribution in [0.3, 0.4) is 0 Å². The molecule has 1 atom stereocenters. The van der Waals surface area contributed by atoms with E-state index in [-0.39, 0.29) is 6.54 Å². The van der Waals surface area contributed by atoms with E-state index >= 15 is 0 Å². The second-order valence-electron chi connectivity index (χ2n) is 3.44. The van der Waals surface area contributed by atoms with Gasteiger partial charge in [-0.25, -0.2) is 0 Å². The average molecular weight is 240 g/mol. The fourth-order valence-corrected chi connectivity index (χ4v) is 1.79. The summed E-state index contributed by atoms with van der Waals surface area (Å²) in [6.45, 7) is 0.0519. The molecule has 0 aliphatic rings. The maximum atomic E-state index is 11.0. The molecule has 5 nitrogen and oxygen atoms in total. The Bertz CT molecular complexity index is 538. The Kier molecular flexibility index (Phi) is 2.80. The van der Waals surface area contributed by atoms with Crippen LogP contribution in [0.2, 0.25) is 5.15 Å². The third-order valence-corrected chi connectivity index (χ3v) is 2.76. The van der Waals surface area contributed by atoms with E-state index in [2.05, 4.69) is 10.2 Å². The number of benzene rings is 1. The lowest BCUT2D eigenvalue weighted by Gasteiger charge is -2.09. The number of nitrogens with two attached hydrogens (primary N) is 1. The van der Waals surface area contributed by atoms with Gasteiger partial charge in [-0.2, -0.15) is 5.10 Å². The number of hydrogen-bond acceptors (Lipinski definition) is 3. The highest BCUT2D eigenvalue weighted by Gasteiger charge is 2.18. The Morgan fingerprint density at radius 2 is 2.38 bits per heavy atom. The molecule has 0 spiro atoms. The Morgan fingerprint density at radius 3 is 3.00 bits per heavy atom. The van der Waals surface area contributed by atoms with E-state index in [1.54, 1.807) is 18.2 Å². The molecular weight excluding hydrogens is 230 g/mol. The van der Waals surface area contributed by atoms with Crippen LogP contribution in [-0.4, -0.2) is 27.8 Å². The van der Waals surface area contributed by atoms with Crippen LogP contribution in [0.4, 0.5) is 0 Å². The van der Waals surface area contributed by atoms with Gasteiger partial charge in [-0.05, 0) is 17.7 Å². The van der Waals surface area contributed by atoms with Gasteiger partial charge in [0.25, 0.3) is 0 Å². The standard InChI is InChI=1S/C10H10ClN3O2/c11-9-6-3-5(7(4-12)10(15)16)1-2-8(6)13-14-9/h1-3,7H,4,12H2,(H,13,14)(H,15,16). The minimum Gasteiger partial charge on any atom is -0.481 e. The largest absolute Gasteiger partial charge is 0.481 e. The van der Waals surface area contributed by atoms with Crippen LogP contribution >= 0.6 is 11.6 Å². The van der Waals surface area contributed by atoms with Crippen molar-refractivity contribution in [3.05, 3.63) is 28.9 Å². The van der Waals surface area contributed by atoms with Gasteiger partial charge in [0, 0.05) is 11.9 Å². The summed E-state index contributed by atoms with van der Waals surface area (Å²) in [5, 5.41) is 16.7. The van der Waals surface area contributed by atoms with Crippen LogP contribution in [0.25, 0.3) is 10.9 Å². The predicted molar refractivity (Wildman–Crippen MR) is 60.5 cm³/mol. The molecule has 16 heavy (non-hydrogen) atoms. The van der Waals surface area contributed by atoms with E-state index in [0.717, 1.165) is 0 Å². The molecule has 84 valence electrons. The van der Waals surface area contributed by atoms with E-state index < -0.39 is 11.9 Å². The maximum absolute atomic E-state index is 11.0. The minimum atomic E-state index is -0.943. The zero-order valence-corrected chi connectivity index (χ0v) is 9.03. The highest BCUT2D eigenvalue weighted by atomic mass is 35.5. The van der Waals surface area contributed by atoms with Crippen molar-refractivity contribution in [2.75, 3.05) is 6.54 Å². The number of aromatic amines is 1. The molecule has 0 saturated carbocycles. The summed E-state index contributed by atoms with van der Waals surface area (Å²) in [6.07, 6.45) is 0. The topological polar surface area (TPSA) is 92.0 Å². The summed E-state index contributed by atoms with van der Waals surface area (Å²) < 4.78 is 0. The number of carboxylic acid groups (broad SMARTS) is 1. The van der Waals surface area contributed by atoms with Crippen LogP contribution in [0.1, 0.15) is 11.5 Å². The number of aliphatic carboxylic acids is 1. The summed E-state index contributed by atoms with van der Waals surface area (Å²) >= 11 is 5.88. The summed E-state index contributed by atoms with van der Waals surface area (Å²) in [6, 6.07) is 5.12. The molecule has 4 N–H and O–H groups in total. The lowest BCUT2D eigenvalue weighted by molar-refractivity contribution is -0.138. The molecule has 0 bridgehead atoms. The summed E-state index contributed by atoms with van der Waals surface area (Å²) in [4.78, 5) is 11.0. The first-order valence-electron chi connectivity index (χ1n) is 4.70. The van der Waals surface area contributed by atoms with E-state index in [0.29, 0.717) is 21.6 Å². The summed E-state index contributed by atoms with van der Waals surface area (Å²) in [7, 11) is 0. The molecule has 0 radical (unpaired) electrons. The number of hydrogen-bond donors (Lipinski definition) is 3. The molecule has 0 saturated heterocycles. The van der Waals surface area contributed by atoms with Crippen LogP contribution in [-0.2, 0) is 4.79 Å². The van der Waals surface area contributed by atoms with E-state index in [1.807, 2.05) is 0 Å². The summed E-state index contributed by atoms with van der Waals surface area (Å²) in [5.41, 5.74) is 6.76. The molecule has 6 heteroatoms. The zero-order chi connectivity index (χ0) is 11.7. The third-order valence-electron chi connectivity index (χ3n) is 2.47. The van der Waals surface area contributed by atoms with E-state index in [1.165, 1.54) is 0 Å². The van der Waals surface area contributed by atoms with Crippen LogP contribution in [0, 0.1) is 0 Å². The average Bonchev–Trinajstić information content (AvgIpc) is 2.61. The van der Waals surface area contributed by atoms with Crippen molar-refractivity contribution in [3.63, 3.8) is 0 Å². The Labute approximate surface area is 96.2 Å². The lowest BCUT2D eigenvalue weighted by atomic mass is 9.98. The first-order chi connectivity index (χ1) is 7.63. The van der Waals surface area contributed by atoms with Crippen molar-refractivity contribution in [1.82, 2.24) is 10.2 Å². The monoisotopic (exact) mass is 239 g/mol. The first-order valence-corrected chi connectivity index (χ1v) is 5.07. The SMILES string of the molecule is NCC(C(=O)O)c1ccc2n[nH]c(Cl)c2c1. The van der Waals surface area contributed by atoms with E-state index in [4.69, 9.17) is 22.4 Å². The molecule has 2 rings (SSSR count). The molecule has 1 aromatic carbocycles. The number of halogens is 1. The van der Waals surface area contributed by atoms with Gasteiger partial charge in [0.2, 0.25) is 0 Å². The molecule has 0 fully saturated rings. The highest BCUT2D eigenvalue weighted by Crippen LogP contribution is 2.25. The number of rotatable bonds is 3. The first kappa shape index (κ1) is 10.9. The molecule has 2 aromatic rings. The van der Waals surface area contributed by atoms with Gasteiger partial charge >= 0.3 is 5.97 Å². The molecule has 0 amide bonds. The molecule has 1 aromatic heterocycles. The van der Waals surface area contributed by atoms with Gasteiger partial charge < -0.3 is 10.8 Å². The van der Waals surface area contributed by atoms with Crippen molar-refractivity contribution in [2.24, 2.45) is 5.73 Å². The van der Waals surface area contributed by atoms with Crippen molar-refractivity contribution in [3.8, 4) is 0 Å². The normalized spacial score (nSPS) is 12.9. The quantitative estimate of drug-likeness (QED) is 0.754. The smallest absolute Gasteiger partial charge is 0.312 e. The summed E-state index contributed by atoms with van der Waals surface area (Å²) in [5.74, 6) is -1.66. The number of H-pyrrole nitrogens is 1. The van der Waals surface area contributed by atoms with Crippen LogP contribution in [0.5, 0.6) is 0 Å². The molecule has 0 aliphatic heterocycles. The zero-order valence-electron chi connectivity index (χ0n) is 8.27. The van der Waals surface area contributed by atoms with Gasteiger partial charge in [-0.1, -0.05) is 17.7 Å². The van der Waals surface area contributed by atoms with Crippen molar-refractivity contribution >= 4 is 28.5 Å². The predicted octanol–water partition coefficient (Wildman–Crippen LogP) is 1.34. The van der Waals surface area contributed by atoms with Gasteiger partial charge in [0.05, 0.1) is 11.4 Å². The van der Waals surface area contributed by atoms with Gasteiger partial charge in [-0.15, -0.1) is 0 Å². The Balaban J connectivity index is 2.52. The maximum Gasteiger partial charge on any atom is 0.312 e. The van der Waals surface area contributed by atoms with Gasteiger partial charge in [-0.3, -0.25) is 9.89 Å². The van der Waals surface area contributed by atoms with Crippen LogP contribution in [0.15, 0.2) is 18.2 Å². The van der Waals surface area contributed by atoms with Crippen LogP contribution < -0.4 is 5.73 Å². The lowest BCUT2D eigenvalue weighted by Crippen LogP contribution is -2.20. The molecule has 0 aliphatic carbocycles. The Hall–Kier alpha value is -1.59. The number of aromatic nitrogens is 2. The molecular formula is C10H10ClN3O2.